The normalized spacial score (nSPS) is 11.1. The number of hydrogen-bond acceptors (Lipinski definition) is 4. The summed E-state index contributed by atoms with van der Waals surface area (Å²) in [5, 5.41) is 7.42. The summed E-state index contributed by atoms with van der Waals surface area (Å²) in [6, 6.07) is 13.6. The van der Waals surface area contributed by atoms with E-state index in [2.05, 4.69) is 15.4 Å². The number of nitrogens with zero attached hydrogens (tertiary/aromatic N) is 3. The van der Waals surface area contributed by atoms with Crippen LogP contribution in [0.15, 0.2) is 53.1 Å². The van der Waals surface area contributed by atoms with E-state index in [0.29, 0.717) is 23.4 Å². The maximum absolute atomic E-state index is 12.8. The van der Waals surface area contributed by atoms with Gasteiger partial charge in [0.05, 0.1) is 12.0 Å². The van der Waals surface area contributed by atoms with Crippen LogP contribution in [-0.4, -0.2) is 20.5 Å². The molecule has 3 aromatic heterocycles. The topological polar surface area (TPSA) is 72.4 Å². The van der Waals surface area contributed by atoms with Gasteiger partial charge in [0.1, 0.15) is 11.3 Å². The largest absolute Gasteiger partial charge is 0.464 e. The Labute approximate surface area is 156 Å². The predicted molar refractivity (Wildman–Crippen MR) is 103 cm³/mol. The average Bonchev–Trinajstić information content (AvgIpc) is 3.28. The predicted octanol–water partition coefficient (Wildman–Crippen LogP) is 3.84. The molecule has 3 heterocycles. The van der Waals surface area contributed by atoms with Crippen LogP contribution in [0.1, 0.15) is 33.0 Å². The Morgan fingerprint density at radius 1 is 1.15 bits per heavy atom. The zero-order chi connectivity index (χ0) is 19.0. The molecule has 6 nitrogen and oxygen atoms in total. The minimum Gasteiger partial charge on any atom is -0.464 e. The summed E-state index contributed by atoms with van der Waals surface area (Å²) in [4.78, 5) is 17.3. The van der Waals surface area contributed by atoms with E-state index in [0.717, 1.165) is 28.3 Å². The van der Waals surface area contributed by atoms with Crippen LogP contribution >= 0.6 is 0 Å². The van der Waals surface area contributed by atoms with Gasteiger partial charge in [0.2, 0.25) is 0 Å². The molecule has 0 aliphatic rings. The summed E-state index contributed by atoms with van der Waals surface area (Å²) in [6.45, 7) is 6.13. The first-order valence-electron chi connectivity index (χ1n) is 8.77. The second kappa shape index (κ2) is 6.72. The van der Waals surface area contributed by atoms with Gasteiger partial charge in [-0.2, -0.15) is 5.10 Å². The molecule has 1 N–H and O–H groups in total. The molecule has 0 radical (unpaired) electrons. The fourth-order valence-corrected chi connectivity index (χ4v) is 3.19. The number of aryl methyl sites for hydroxylation is 3. The van der Waals surface area contributed by atoms with Gasteiger partial charge in [0.15, 0.2) is 5.65 Å². The lowest BCUT2D eigenvalue weighted by Crippen LogP contribution is -2.23. The monoisotopic (exact) mass is 360 g/mol. The van der Waals surface area contributed by atoms with Gasteiger partial charge >= 0.3 is 0 Å². The zero-order valence-corrected chi connectivity index (χ0v) is 15.5. The molecular formula is C21H20N4O2. The number of fused-ring (bicyclic) bond motifs is 1. The van der Waals surface area contributed by atoms with Crippen LogP contribution in [0.25, 0.3) is 17.0 Å². The second-order valence-corrected chi connectivity index (χ2v) is 6.59. The van der Waals surface area contributed by atoms with Gasteiger partial charge in [-0.05, 0) is 44.5 Å². The van der Waals surface area contributed by atoms with Crippen LogP contribution in [-0.2, 0) is 6.54 Å². The van der Waals surface area contributed by atoms with Crippen LogP contribution in [0.2, 0.25) is 0 Å². The molecular weight excluding hydrogens is 340 g/mol. The zero-order valence-electron chi connectivity index (χ0n) is 15.5. The Morgan fingerprint density at radius 3 is 2.63 bits per heavy atom. The van der Waals surface area contributed by atoms with Crippen molar-refractivity contribution >= 4 is 11.6 Å². The maximum Gasteiger partial charge on any atom is 0.257 e. The summed E-state index contributed by atoms with van der Waals surface area (Å²) in [6.07, 6.45) is 1.65. The van der Waals surface area contributed by atoms with Crippen LogP contribution in [0, 0.1) is 20.8 Å². The number of hydrogen-bond donors (Lipinski definition) is 1. The Hall–Kier alpha value is -3.41. The molecule has 136 valence electrons. The lowest BCUT2D eigenvalue weighted by Gasteiger charge is -2.06. The number of carbonyl (C=O) groups excluding carboxylic acids is 1. The molecule has 0 aliphatic heterocycles. The summed E-state index contributed by atoms with van der Waals surface area (Å²) >= 11 is 0. The minimum absolute atomic E-state index is 0.171. The van der Waals surface area contributed by atoms with Gasteiger partial charge in [-0.1, -0.05) is 24.3 Å². The van der Waals surface area contributed by atoms with Crippen LogP contribution < -0.4 is 5.32 Å². The molecule has 6 heteroatoms. The molecule has 0 bridgehead atoms. The first-order chi connectivity index (χ1) is 13.0. The molecule has 0 atom stereocenters. The SMILES string of the molecule is Cc1cc(C)n2nc(C)c(C(=O)NCc3ccc(-c4ccco4)cc3)c2n1. The highest BCUT2D eigenvalue weighted by molar-refractivity contribution is 6.01. The van der Waals surface area contributed by atoms with Crippen LogP contribution in [0.3, 0.4) is 0 Å². The van der Waals surface area contributed by atoms with Crippen molar-refractivity contribution in [3.63, 3.8) is 0 Å². The Bertz CT molecular complexity index is 1110. The van der Waals surface area contributed by atoms with Crippen molar-refractivity contribution in [2.24, 2.45) is 0 Å². The van der Waals surface area contributed by atoms with Crippen molar-refractivity contribution < 1.29 is 9.21 Å². The molecule has 27 heavy (non-hydrogen) atoms. The van der Waals surface area contributed by atoms with Crippen molar-refractivity contribution in [3.8, 4) is 11.3 Å². The summed E-state index contributed by atoms with van der Waals surface area (Å²) < 4.78 is 7.11. The van der Waals surface area contributed by atoms with Gasteiger partial charge in [-0.3, -0.25) is 4.79 Å². The number of rotatable bonds is 4. The number of carbonyl (C=O) groups is 1. The van der Waals surface area contributed by atoms with Crippen molar-refractivity contribution in [1.82, 2.24) is 19.9 Å². The molecule has 0 spiro atoms. The highest BCUT2D eigenvalue weighted by atomic mass is 16.3. The van der Waals surface area contributed by atoms with Crippen molar-refractivity contribution in [2.45, 2.75) is 27.3 Å². The summed E-state index contributed by atoms with van der Waals surface area (Å²) in [7, 11) is 0. The average molecular weight is 360 g/mol. The van der Waals surface area contributed by atoms with Gasteiger partial charge in [0, 0.05) is 23.5 Å². The molecule has 0 aliphatic carbocycles. The van der Waals surface area contributed by atoms with E-state index in [1.807, 2.05) is 63.2 Å². The van der Waals surface area contributed by atoms with Gasteiger partial charge in [-0.15, -0.1) is 0 Å². The number of aromatic nitrogens is 3. The minimum atomic E-state index is -0.171. The van der Waals surface area contributed by atoms with Crippen molar-refractivity contribution in [2.75, 3.05) is 0 Å². The van der Waals surface area contributed by atoms with Gasteiger partial charge in [0.25, 0.3) is 5.91 Å². The highest BCUT2D eigenvalue weighted by Crippen LogP contribution is 2.20. The van der Waals surface area contributed by atoms with Crippen molar-refractivity contribution in [3.05, 3.63) is 76.9 Å². The number of benzene rings is 1. The van der Waals surface area contributed by atoms with Gasteiger partial charge in [-0.25, -0.2) is 9.50 Å². The molecule has 0 unspecified atom stereocenters. The fraction of sp³-hybridized carbons (Fsp3) is 0.190. The smallest absolute Gasteiger partial charge is 0.257 e. The number of furan rings is 1. The number of amides is 1. The van der Waals surface area contributed by atoms with E-state index in [-0.39, 0.29) is 5.91 Å². The first kappa shape index (κ1) is 17.0. The highest BCUT2D eigenvalue weighted by Gasteiger charge is 2.19. The van der Waals surface area contributed by atoms with Crippen LogP contribution in [0.4, 0.5) is 0 Å². The summed E-state index contributed by atoms with van der Waals surface area (Å²) in [5.41, 5.74) is 5.61. The molecule has 0 fully saturated rings. The molecule has 1 amide bonds. The first-order valence-corrected chi connectivity index (χ1v) is 8.77. The van der Waals surface area contributed by atoms with E-state index in [1.165, 1.54) is 0 Å². The van der Waals surface area contributed by atoms with Crippen LogP contribution in [0.5, 0.6) is 0 Å². The summed E-state index contributed by atoms with van der Waals surface area (Å²) in [5.74, 6) is 0.652. The van der Waals surface area contributed by atoms with E-state index < -0.39 is 0 Å². The van der Waals surface area contributed by atoms with E-state index in [9.17, 15) is 4.79 Å². The molecule has 0 saturated heterocycles. The molecule has 0 saturated carbocycles. The molecule has 4 rings (SSSR count). The maximum atomic E-state index is 12.8. The Balaban J connectivity index is 1.53. The van der Waals surface area contributed by atoms with Crippen molar-refractivity contribution in [1.29, 1.82) is 0 Å². The Morgan fingerprint density at radius 2 is 1.93 bits per heavy atom. The number of nitrogens with one attached hydrogen (secondary N) is 1. The second-order valence-electron chi connectivity index (χ2n) is 6.59. The van der Waals surface area contributed by atoms with E-state index in [4.69, 9.17) is 4.42 Å². The standard InChI is InChI=1S/C21H20N4O2/c1-13-11-14(2)25-20(23-13)19(15(3)24-25)21(26)22-12-16-6-8-17(9-7-16)18-5-4-10-27-18/h4-11H,12H2,1-3H3,(H,22,26). The Kier molecular flexibility index (Phi) is 4.24. The quantitative estimate of drug-likeness (QED) is 0.600. The van der Waals surface area contributed by atoms with E-state index >= 15 is 0 Å². The third kappa shape index (κ3) is 3.21. The fourth-order valence-electron chi connectivity index (χ4n) is 3.19. The third-order valence-electron chi connectivity index (χ3n) is 4.51. The molecule has 4 aromatic rings. The molecule has 1 aromatic carbocycles. The van der Waals surface area contributed by atoms with Gasteiger partial charge < -0.3 is 9.73 Å². The lowest BCUT2D eigenvalue weighted by atomic mass is 10.1. The lowest BCUT2D eigenvalue weighted by molar-refractivity contribution is 0.0951. The third-order valence-corrected chi connectivity index (χ3v) is 4.51. The van der Waals surface area contributed by atoms with E-state index in [1.54, 1.807) is 10.8 Å².